The molecule has 1 aliphatic heterocycles. The van der Waals surface area contributed by atoms with E-state index in [0.717, 1.165) is 0 Å². The Labute approximate surface area is 125 Å². The molecular formula is C18H20O3. The highest BCUT2D eigenvalue weighted by atomic mass is 16.5. The van der Waals surface area contributed by atoms with E-state index in [-0.39, 0.29) is 12.1 Å². The van der Waals surface area contributed by atoms with Crippen LogP contribution in [0.25, 0.3) is 6.08 Å². The molecule has 0 bridgehead atoms. The summed E-state index contributed by atoms with van der Waals surface area (Å²) in [6, 6.07) is 6.58. The standard InChI is InChI=1S/C18H20O3/c1-2-20-17-11-16(21-18(19)12-17)9-7-13-6-8-14-4-3-5-15(14)10-13/h6-10,12,16H,2-5,11H2,1H3/b9-7+. The van der Waals surface area contributed by atoms with Crippen LogP contribution in [0, 0.1) is 0 Å². The fourth-order valence-corrected chi connectivity index (χ4v) is 2.92. The molecule has 1 unspecified atom stereocenters. The summed E-state index contributed by atoms with van der Waals surface area (Å²) in [5.41, 5.74) is 4.09. The van der Waals surface area contributed by atoms with Crippen molar-refractivity contribution in [2.75, 3.05) is 6.61 Å². The van der Waals surface area contributed by atoms with Crippen molar-refractivity contribution in [1.82, 2.24) is 0 Å². The van der Waals surface area contributed by atoms with E-state index in [1.54, 1.807) is 0 Å². The molecule has 0 fully saturated rings. The highest BCUT2D eigenvalue weighted by molar-refractivity contribution is 5.83. The van der Waals surface area contributed by atoms with Gasteiger partial charge in [-0.25, -0.2) is 4.79 Å². The first kappa shape index (κ1) is 13.9. The van der Waals surface area contributed by atoms with Crippen LogP contribution in [0.2, 0.25) is 0 Å². The van der Waals surface area contributed by atoms with E-state index in [9.17, 15) is 4.79 Å². The fourth-order valence-electron chi connectivity index (χ4n) is 2.92. The second-order valence-electron chi connectivity index (χ2n) is 5.46. The lowest BCUT2D eigenvalue weighted by Gasteiger charge is -2.20. The van der Waals surface area contributed by atoms with Crippen molar-refractivity contribution in [1.29, 1.82) is 0 Å². The van der Waals surface area contributed by atoms with E-state index < -0.39 is 0 Å². The van der Waals surface area contributed by atoms with Crippen LogP contribution in [-0.4, -0.2) is 18.7 Å². The maximum Gasteiger partial charge on any atom is 0.334 e. The number of cyclic esters (lactones) is 1. The summed E-state index contributed by atoms with van der Waals surface area (Å²) in [7, 11) is 0. The molecule has 1 atom stereocenters. The minimum Gasteiger partial charge on any atom is -0.498 e. The monoisotopic (exact) mass is 284 g/mol. The van der Waals surface area contributed by atoms with Gasteiger partial charge in [0, 0.05) is 6.42 Å². The third-order valence-electron chi connectivity index (χ3n) is 3.90. The molecule has 0 radical (unpaired) electrons. The number of aryl methyl sites for hydroxylation is 2. The van der Waals surface area contributed by atoms with Gasteiger partial charge in [0.25, 0.3) is 0 Å². The number of carbonyl (C=O) groups is 1. The van der Waals surface area contributed by atoms with Crippen LogP contribution in [0.4, 0.5) is 0 Å². The van der Waals surface area contributed by atoms with Gasteiger partial charge < -0.3 is 9.47 Å². The van der Waals surface area contributed by atoms with Crippen molar-refractivity contribution >= 4 is 12.0 Å². The lowest BCUT2D eigenvalue weighted by Crippen LogP contribution is -2.21. The Morgan fingerprint density at radius 1 is 1.33 bits per heavy atom. The smallest absolute Gasteiger partial charge is 0.334 e. The molecule has 0 amide bonds. The number of carbonyl (C=O) groups excluding carboxylic acids is 1. The second-order valence-corrected chi connectivity index (χ2v) is 5.46. The number of benzene rings is 1. The molecule has 0 aromatic heterocycles. The Bertz CT molecular complexity index is 598. The number of esters is 1. The predicted molar refractivity (Wildman–Crippen MR) is 81.7 cm³/mol. The predicted octanol–water partition coefficient (Wildman–Crippen LogP) is 3.42. The lowest BCUT2D eigenvalue weighted by molar-refractivity contribution is -0.142. The average molecular weight is 284 g/mol. The minimum atomic E-state index is -0.326. The molecule has 0 saturated heterocycles. The molecule has 3 nitrogen and oxygen atoms in total. The summed E-state index contributed by atoms with van der Waals surface area (Å²) in [5.74, 6) is 0.380. The van der Waals surface area contributed by atoms with Gasteiger partial charge in [-0.1, -0.05) is 24.3 Å². The second kappa shape index (κ2) is 6.17. The van der Waals surface area contributed by atoms with E-state index in [4.69, 9.17) is 9.47 Å². The van der Waals surface area contributed by atoms with Crippen LogP contribution in [-0.2, 0) is 27.1 Å². The largest absolute Gasteiger partial charge is 0.498 e. The molecule has 0 spiro atoms. The number of hydrogen-bond acceptors (Lipinski definition) is 3. The van der Waals surface area contributed by atoms with E-state index >= 15 is 0 Å². The molecule has 0 N–H and O–H groups in total. The van der Waals surface area contributed by atoms with Gasteiger partial charge in [0.05, 0.1) is 12.7 Å². The van der Waals surface area contributed by atoms with Crippen molar-refractivity contribution in [3.05, 3.63) is 52.8 Å². The number of fused-ring (bicyclic) bond motifs is 1. The molecule has 3 rings (SSSR count). The van der Waals surface area contributed by atoms with Gasteiger partial charge >= 0.3 is 5.97 Å². The molecule has 3 heteroatoms. The van der Waals surface area contributed by atoms with Crippen molar-refractivity contribution in [3.63, 3.8) is 0 Å². The highest BCUT2D eigenvalue weighted by Crippen LogP contribution is 2.24. The maximum atomic E-state index is 11.5. The Morgan fingerprint density at radius 3 is 3.05 bits per heavy atom. The molecule has 1 aromatic carbocycles. The maximum absolute atomic E-state index is 11.5. The summed E-state index contributed by atoms with van der Waals surface area (Å²) in [5, 5.41) is 0. The topological polar surface area (TPSA) is 35.5 Å². The first-order valence-corrected chi connectivity index (χ1v) is 7.58. The average Bonchev–Trinajstić information content (AvgIpc) is 2.92. The number of rotatable bonds is 4. The lowest BCUT2D eigenvalue weighted by atomic mass is 10.0. The zero-order valence-electron chi connectivity index (χ0n) is 12.3. The van der Waals surface area contributed by atoms with Gasteiger partial charge in [0.2, 0.25) is 0 Å². The zero-order valence-corrected chi connectivity index (χ0v) is 12.3. The third kappa shape index (κ3) is 3.35. The molecule has 1 aromatic rings. The Balaban J connectivity index is 1.68. The number of ether oxygens (including phenoxy) is 2. The molecule has 1 aliphatic carbocycles. The first-order chi connectivity index (χ1) is 10.2. The van der Waals surface area contributed by atoms with E-state index in [0.29, 0.717) is 18.8 Å². The third-order valence-corrected chi connectivity index (χ3v) is 3.90. The van der Waals surface area contributed by atoms with Crippen molar-refractivity contribution < 1.29 is 14.3 Å². The molecule has 0 saturated carbocycles. The Kier molecular flexibility index (Phi) is 4.09. The summed E-state index contributed by atoms with van der Waals surface area (Å²) in [6.07, 6.45) is 9.41. The van der Waals surface area contributed by atoms with Crippen molar-refractivity contribution in [3.8, 4) is 0 Å². The van der Waals surface area contributed by atoms with E-state index in [1.807, 2.05) is 19.1 Å². The Morgan fingerprint density at radius 2 is 2.19 bits per heavy atom. The molecule has 21 heavy (non-hydrogen) atoms. The quantitative estimate of drug-likeness (QED) is 0.795. The first-order valence-electron chi connectivity index (χ1n) is 7.58. The van der Waals surface area contributed by atoms with Crippen LogP contribution in [0.3, 0.4) is 0 Å². The fraction of sp³-hybridized carbons (Fsp3) is 0.389. The van der Waals surface area contributed by atoms with Crippen LogP contribution in [0.15, 0.2) is 36.1 Å². The van der Waals surface area contributed by atoms with Crippen LogP contribution in [0.1, 0.15) is 36.5 Å². The van der Waals surface area contributed by atoms with Gasteiger partial charge in [-0.2, -0.15) is 0 Å². The Hall–Kier alpha value is -2.03. The van der Waals surface area contributed by atoms with E-state index in [2.05, 4.69) is 18.2 Å². The van der Waals surface area contributed by atoms with Crippen LogP contribution in [0.5, 0.6) is 0 Å². The van der Waals surface area contributed by atoms with Gasteiger partial charge in [-0.3, -0.25) is 0 Å². The summed E-state index contributed by atoms with van der Waals surface area (Å²) in [4.78, 5) is 11.5. The van der Waals surface area contributed by atoms with Crippen molar-refractivity contribution in [2.45, 2.75) is 38.7 Å². The van der Waals surface area contributed by atoms with Crippen molar-refractivity contribution in [2.24, 2.45) is 0 Å². The highest BCUT2D eigenvalue weighted by Gasteiger charge is 2.20. The van der Waals surface area contributed by atoms with Gasteiger partial charge in [0.1, 0.15) is 11.9 Å². The molecule has 1 heterocycles. The van der Waals surface area contributed by atoms with Crippen LogP contribution >= 0.6 is 0 Å². The summed E-state index contributed by atoms with van der Waals surface area (Å²) in [6.45, 7) is 2.48. The summed E-state index contributed by atoms with van der Waals surface area (Å²) >= 11 is 0. The zero-order chi connectivity index (χ0) is 14.7. The summed E-state index contributed by atoms with van der Waals surface area (Å²) < 4.78 is 10.7. The molecule has 110 valence electrons. The SMILES string of the molecule is CCOC1=CC(=O)OC(/C=C/c2ccc3c(c2)CCC3)C1. The molecular weight excluding hydrogens is 264 g/mol. The molecule has 2 aliphatic rings. The minimum absolute atomic E-state index is 0.239. The van der Waals surface area contributed by atoms with Gasteiger partial charge in [-0.15, -0.1) is 0 Å². The van der Waals surface area contributed by atoms with Crippen LogP contribution < -0.4 is 0 Å². The van der Waals surface area contributed by atoms with Gasteiger partial charge in [0.15, 0.2) is 0 Å². The normalized spacial score (nSPS) is 21.1. The van der Waals surface area contributed by atoms with Gasteiger partial charge in [-0.05, 0) is 49.0 Å². The number of hydrogen-bond donors (Lipinski definition) is 0. The van der Waals surface area contributed by atoms with E-state index in [1.165, 1.54) is 42.0 Å².